The summed E-state index contributed by atoms with van der Waals surface area (Å²) in [4.78, 5) is 33.0. The first kappa shape index (κ1) is 19.0. The van der Waals surface area contributed by atoms with Crippen molar-refractivity contribution in [1.82, 2.24) is 19.6 Å². The number of carbonyl (C=O) groups excluding carboxylic acids is 2. The average Bonchev–Trinajstić information content (AvgIpc) is 2.98. The molecule has 1 unspecified atom stereocenters. The standard InChI is InChI=1S/C18H22Cl2N4O2/c1-21(2)9-12-7-15-17(26)23(18(22(3)4)24(15)16(12)25)10-11-5-6-13(19)8-14(11)20/h5-6,8-9,15,18H,7,10H2,1-4H3/b12-9+/t15-,18?/m0/s1. The van der Waals surface area contributed by atoms with E-state index >= 15 is 0 Å². The molecule has 0 spiro atoms. The molecule has 8 heteroatoms. The number of hydrogen-bond donors (Lipinski definition) is 0. The molecule has 6 nitrogen and oxygen atoms in total. The van der Waals surface area contributed by atoms with Crippen molar-refractivity contribution >= 4 is 35.0 Å². The minimum Gasteiger partial charge on any atom is -0.383 e. The van der Waals surface area contributed by atoms with Gasteiger partial charge in [0.1, 0.15) is 6.04 Å². The minimum absolute atomic E-state index is 0.0646. The third-order valence-electron chi connectivity index (χ3n) is 4.59. The molecular weight excluding hydrogens is 375 g/mol. The Morgan fingerprint density at radius 3 is 2.46 bits per heavy atom. The van der Waals surface area contributed by atoms with Gasteiger partial charge in [0.05, 0.1) is 6.54 Å². The van der Waals surface area contributed by atoms with Crippen LogP contribution in [0.4, 0.5) is 0 Å². The molecule has 0 aliphatic carbocycles. The van der Waals surface area contributed by atoms with Crippen molar-refractivity contribution in [3.63, 3.8) is 0 Å². The van der Waals surface area contributed by atoms with E-state index in [-0.39, 0.29) is 11.8 Å². The van der Waals surface area contributed by atoms with E-state index < -0.39 is 12.3 Å². The number of fused-ring (bicyclic) bond motifs is 1. The van der Waals surface area contributed by atoms with Gasteiger partial charge < -0.3 is 9.80 Å². The highest BCUT2D eigenvalue weighted by atomic mass is 35.5. The van der Waals surface area contributed by atoms with E-state index in [2.05, 4.69) is 0 Å². The van der Waals surface area contributed by atoms with E-state index in [1.165, 1.54) is 0 Å². The van der Waals surface area contributed by atoms with Gasteiger partial charge in [0.2, 0.25) is 5.91 Å². The summed E-state index contributed by atoms with van der Waals surface area (Å²) < 4.78 is 0. The van der Waals surface area contributed by atoms with Crippen LogP contribution >= 0.6 is 23.2 Å². The third-order valence-corrected chi connectivity index (χ3v) is 5.17. The predicted molar refractivity (Wildman–Crippen MR) is 102 cm³/mol. The summed E-state index contributed by atoms with van der Waals surface area (Å²) >= 11 is 12.2. The van der Waals surface area contributed by atoms with Gasteiger partial charge in [0.15, 0.2) is 6.29 Å². The Bertz CT molecular complexity index is 778. The van der Waals surface area contributed by atoms with Gasteiger partial charge in [-0.15, -0.1) is 0 Å². The van der Waals surface area contributed by atoms with E-state index in [1.54, 1.807) is 28.1 Å². The van der Waals surface area contributed by atoms with Crippen LogP contribution < -0.4 is 0 Å². The quantitative estimate of drug-likeness (QED) is 0.732. The van der Waals surface area contributed by atoms with E-state index in [9.17, 15) is 9.59 Å². The number of halogens is 2. The Kier molecular flexibility index (Phi) is 5.19. The first-order valence-corrected chi connectivity index (χ1v) is 9.07. The topological polar surface area (TPSA) is 47.1 Å². The molecule has 2 aliphatic heterocycles. The number of nitrogens with zero attached hydrogens (tertiary/aromatic N) is 4. The van der Waals surface area contributed by atoms with E-state index in [0.717, 1.165) is 5.56 Å². The lowest BCUT2D eigenvalue weighted by Crippen LogP contribution is -2.50. The van der Waals surface area contributed by atoms with Gasteiger partial charge >= 0.3 is 0 Å². The van der Waals surface area contributed by atoms with Gasteiger partial charge in [-0.3, -0.25) is 19.4 Å². The number of hydrogen-bond acceptors (Lipinski definition) is 4. The first-order chi connectivity index (χ1) is 12.2. The van der Waals surface area contributed by atoms with Crippen LogP contribution in [0.15, 0.2) is 30.0 Å². The molecule has 1 aromatic rings. The summed E-state index contributed by atoms with van der Waals surface area (Å²) in [5.41, 5.74) is 1.46. The van der Waals surface area contributed by atoms with Gasteiger partial charge in [-0.2, -0.15) is 0 Å². The molecule has 0 radical (unpaired) electrons. The van der Waals surface area contributed by atoms with Crippen molar-refractivity contribution in [2.45, 2.75) is 25.3 Å². The van der Waals surface area contributed by atoms with Crippen molar-refractivity contribution in [2.24, 2.45) is 0 Å². The minimum atomic E-state index is -0.466. The maximum Gasteiger partial charge on any atom is 0.254 e. The molecule has 3 rings (SSSR count). The van der Waals surface area contributed by atoms with E-state index in [1.807, 2.05) is 44.1 Å². The molecule has 0 N–H and O–H groups in total. The predicted octanol–water partition coefficient (Wildman–Crippen LogP) is 2.23. The van der Waals surface area contributed by atoms with Gasteiger partial charge in [-0.1, -0.05) is 29.3 Å². The van der Waals surface area contributed by atoms with E-state index in [4.69, 9.17) is 23.2 Å². The van der Waals surface area contributed by atoms with Crippen molar-refractivity contribution in [3.05, 3.63) is 45.6 Å². The number of rotatable bonds is 4. The fraction of sp³-hybridized carbons (Fsp3) is 0.444. The Morgan fingerprint density at radius 2 is 1.88 bits per heavy atom. The normalized spacial score (nSPS) is 24.2. The Morgan fingerprint density at radius 1 is 1.19 bits per heavy atom. The monoisotopic (exact) mass is 396 g/mol. The van der Waals surface area contributed by atoms with Crippen LogP contribution in [0.25, 0.3) is 0 Å². The van der Waals surface area contributed by atoms with Crippen LogP contribution in [0, 0.1) is 0 Å². The fourth-order valence-corrected chi connectivity index (χ4v) is 4.04. The summed E-state index contributed by atoms with van der Waals surface area (Å²) in [6.45, 7) is 0.324. The van der Waals surface area contributed by atoms with Crippen LogP contribution in [0.5, 0.6) is 0 Å². The van der Waals surface area contributed by atoms with Crippen molar-refractivity contribution in [1.29, 1.82) is 0 Å². The number of carbonyl (C=O) groups is 2. The largest absolute Gasteiger partial charge is 0.383 e. The average molecular weight is 397 g/mol. The molecule has 2 fully saturated rings. The maximum absolute atomic E-state index is 13.1. The molecule has 0 aromatic heterocycles. The van der Waals surface area contributed by atoms with E-state index in [0.29, 0.717) is 28.6 Å². The molecule has 2 heterocycles. The highest BCUT2D eigenvalue weighted by Gasteiger charge is 2.54. The number of benzene rings is 1. The molecule has 0 bridgehead atoms. The fourth-order valence-electron chi connectivity index (χ4n) is 3.57. The molecule has 2 saturated heterocycles. The Hall–Kier alpha value is -1.76. The zero-order valence-electron chi connectivity index (χ0n) is 15.2. The lowest BCUT2D eigenvalue weighted by atomic mass is 10.1. The van der Waals surface area contributed by atoms with Gasteiger partial charge in [-0.05, 0) is 31.8 Å². The molecular formula is C18H22Cl2N4O2. The summed E-state index contributed by atoms with van der Waals surface area (Å²) in [5.74, 6) is -0.161. The second-order valence-electron chi connectivity index (χ2n) is 7.06. The van der Waals surface area contributed by atoms with Crippen molar-refractivity contribution in [3.8, 4) is 0 Å². The molecule has 2 atom stereocenters. The molecule has 0 saturated carbocycles. The summed E-state index contributed by atoms with van der Waals surface area (Å²) in [6, 6.07) is 4.76. The molecule has 140 valence electrons. The van der Waals surface area contributed by atoms with Crippen LogP contribution in [-0.4, -0.2) is 71.9 Å². The highest BCUT2D eigenvalue weighted by molar-refractivity contribution is 6.35. The summed E-state index contributed by atoms with van der Waals surface area (Å²) in [7, 11) is 7.45. The van der Waals surface area contributed by atoms with Gasteiger partial charge in [0, 0.05) is 42.3 Å². The summed E-state index contributed by atoms with van der Waals surface area (Å²) in [5, 5.41) is 1.05. The molecule has 2 aliphatic rings. The van der Waals surface area contributed by atoms with Crippen molar-refractivity contribution in [2.75, 3.05) is 28.2 Å². The van der Waals surface area contributed by atoms with Gasteiger partial charge in [0.25, 0.3) is 5.91 Å². The van der Waals surface area contributed by atoms with Crippen molar-refractivity contribution < 1.29 is 9.59 Å². The highest BCUT2D eigenvalue weighted by Crippen LogP contribution is 2.37. The summed E-state index contributed by atoms with van der Waals surface area (Å²) in [6.07, 6.45) is 1.77. The lowest BCUT2D eigenvalue weighted by molar-refractivity contribution is -0.134. The molecule has 26 heavy (non-hydrogen) atoms. The lowest BCUT2D eigenvalue weighted by Gasteiger charge is -2.34. The van der Waals surface area contributed by atoms with Crippen LogP contribution in [-0.2, 0) is 16.1 Å². The maximum atomic E-state index is 13.1. The zero-order chi connectivity index (χ0) is 19.2. The SMILES string of the molecule is CN(C)/C=C1\C[C@H]2C(=O)N(Cc3ccc(Cl)cc3Cl)C(N(C)C)N2C1=O. The third kappa shape index (κ3) is 3.29. The smallest absolute Gasteiger partial charge is 0.254 e. The second-order valence-corrected chi connectivity index (χ2v) is 7.91. The van der Waals surface area contributed by atoms with Crippen LogP contribution in [0.3, 0.4) is 0 Å². The second kappa shape index (κ2) is 7.10. The van der Waals surface area contributed by atoms with Crippen LogP contribution in [0.1, 0.15) is 12.0 Å². The molecule has 2 amide bonds. The Balaban J connectivity index is 1.92. The Labute approximate surface area is 163 Å². The number of amides is 2. The van der Waals surface area contributed by atoms with Gasteiger partial charge in [-0.25, -0.2) is 0 Å². The first-order valence-electron chi connectivity index (χ1n) is 8.31. The molecule has 1 aromatic carbocycles. The van der Waals surface area contributed by atoms with Crippen LogP contribution in [0.2, 0.25) is 10.0 Å². The zero-order valence-corrected chi connectivity index (χ0v) is 16.8.